The minimum absolute atomic E-state index is 0.127. The van der Waals surface area contributed by atoms with Crippen LogP contribution in [0.1, 0.15) is 10.4 Å². The van der Waals surface area contributed by atoms with Crippen molar-refractivity contribution in [2.75, 3.05) is 18.1 Å². The molecule has 0 aliphatic carbocycles. The molecular formula is C12H13N3OS. The van der Waals surface area contributed by atoms with Crippen LogP contribution in [0.4, 0.5) is 17.1 Å². The summed E-state index contributed by atoms with van der Waals surface area (Å²) < 4.78 is 0. The fourth-order valence-electron chi connectivity index (χ4n) is 1.44. The van der Waals surface area contributed by atoms with Gasteiger partial charge in [-0.05, 0) is 29.6 Å². The average Bonchev–Trinajstić information content (AvgIpc) is 2.84. The van der Waals surface area contributed by atoms with Crippen LogP contribution in [0.15, 0.2) is 35.0 Å². The molecule has 2 aromatic rings. The number of rotatable bonds is 3. The third-order valence-corrected chi connectivity index (χ3v) is 3.03. The van der Waals surface area contributed by atoms with Crippen LogP contribution >= 0.6 is 11.3 Å². The van der Waals surface area contributed by atoms with Crippen molar-refractivity contribution in [3.63, 3.8) is 0 Å². The van der Waals surface area contributed by atoms with Crippen LogP contribution in [-0.2, 0) is 0 Å². The maximum Gasteiger partial charge on any atom is 0.251 e. The standard InChI is InChI=1S/C12H13N3OS/c1-14-12(16)8-2-3-10(13)11(6-8)15-9-4-5-17-7-9/h2-7,15H,13H2,1H3,(H,14,16). The fourth-order valence-corrected chi connectivity index (χ4v) is 2.03. The van der Waals surface area contributed by atoms with Crippen molar-refractivity contribution in [1.29, 1.82) is 0 Å². The molecule has 0 radical (unpaired) electrons. The summed E-state index contributed by atoms with van der Waals surface area (Å²) in [5, 5.41) is 9.71. The van der Waals surface area contributed by atoms with Crippen molar-refractivity contribution < 1.29 is 4.79 Å². The smallest absolute Gasteiger partial charge is 0.251 e. The van der Waals surface area contributed by atoms with E-state index in [1.165, 1.54) is 0 Å². The van der Waals surface area contributed by atoms with Crippen LogP contribution in [0.3, 0.4) is 0 Å². The van der Waals surface area contributed by atoms with Gasteiger partial charge < -0.3 is 16.4 Å². The minimum Gasteiger partial charge on any atom is -0.397 e. The van der Waals surface area contributed by atoms with Gasteiger partial charge in [0.25, 0.3) is 5.91 Å². The number of nitrogens with two attached hydrogens (primary N) is 1. The molecule has 0 bridgehead atoms. The van der Waals surface area contributed by atoms with Gasteiger partial charge in [0.05, 0.1) is 11.4 Å². The first kappa shape index (κ1) is 11.5. The Morgan fingerprint density at radius 3 is 2.82 bits per heavy atom. The molecule has 5 heteroatoms. The predicted octanol–water partition coefficient (Wildman–Crippen LogP) is 2.43. The number of carbonyl (C=O) groups is 1. The van der Waals surface area contributed by atoms with Gasteiger partial charge in [-0.25, -0.2) is 0 Å². The Morgan fingerprint density at radius 2 is 2.18 bits per heavy atom. The second-order valence-electron chi connectivity index (χ2n) is 3.52. The van der Waals surface area contributed by atoms with Crippen LogP contribution in [0.25, 0.3) is 0 Å². The topological polar surface area (TPSA) is 67.2 Å². The molecule has 88 valence electrons. The Hall–Kier alpha value is -2.01. The van der Waals surface area contributed by atoms with E-state index in [9.17, 15) is 4.79 Å². The molecule has 0 unspecified atom stereocenters. The van der Waals surface area contributed by atoms with E-state index in [0.29, 0.717) is 11.3 Å². The van der Waals surface area contributed by atoms with Gasteiger partial charge >= 0.3 is 0 Å². The molecule has 4 N–H and O–H groups in total. The molecule has 0 fully saturated rings. The van der Waals surface area contributed by atoms with Gasteiger partial charge in [0.15, 0.2) is 0 Å². The second kappa shape index (κ2) is 4.88. The SMILES string of the molecule is CNC(=O)c1ccc(N)c(Nc2ccsc2)c1. The lowest BCUT2D eigenvalue weighted by Gasteiger charge is -2.09. The van der Waals surface area contributed by atoms with Gasteiger partial charge in [-0.1, -0.05) is 0 Å². The molecule has 2 rings (SSSR count). The summed E-state index contributed by atoms with van der Waals surface area (Å²) in [6, 6.07) is 7.12. The van der Waals surface area contributed by atoms with Gasteiger partial charge in [-0.2, -0.15) is 11.3 Å². The second-order valence-corrected chi connectivity index (χ2v) is 4.30. The molecule has 1 amide bonds. The predicted molar refractivity (Wildman–Crippen MR) is 71.8 cm³/mol. The van der Waals surface area contributed by atoms with Crippen LogP contribution in [-0.4, -0.2) is 13.0 Å². The molecule has 0 atom stereocenters. The van der Waals surface area contributed by atoms with Crippen LogP contribution in [0, 0.1) is 0 Å². The summed E-state index contributed by atoms with van der Waals surface area (Å²) in [6.45, 7) is 0. The third-order valence-electron chi connectivity index (χ3n) is 2.34. The lowest BCUT2D eigenvalue weighted by atomic mass is 10.1. The molecule has 1 aromatic carbocycles. The highest BCUT2D eigenvalue weighted by Crippen LogP contribution is 2.25. The highest BCUT2D eigenvalue weighted by Gasteiger charge is 2.07. The highest BCUT2D eigenvalue weighted by molar-refractivity contribution is 7.08. The molecule has 0 saturated heterocycles. The first-order chi connectivity index (χ1) is 8.20. The maximum absolute atomic E-state index is 11.5. The monoisotopic (exact) mass is 247 g/mol. The van der Waals surface area contributed by atoms with Crippen molar-refractivity contribution in [2.24, 2.45) is 0 Å². The van der Waals surface area contributed by atoms with Crippen LogP contribution in [0.2, 0.25) is 0 Å². The van der Waals surface area contributed by atoms with Gasteiger partial charge in [0.1, 0.15) is 0 Å². The van der Waals surface area contributed by atoms with E-state index < -0.39 is 0 Å². The summed E-state index contributed by atoms with van der Waals surface area (Å²) in [6.07, 6.45) is 0. The number of nitrogen functional groups attached to an aromatic ring is 1. The highest BCUT2D eigenvalue weighted by atomic mass is 32.1. The van der Waals surface area contributed by atoms with Crippen LogP contribution in [0.5, 0.6) is 0 Å². The third kappa shape index (κ3) is 2.57. The summed E-state index contributed by atoms with van der Waals surface area (Å²) in [5.41, 5.74) is 8.76. The fraction of sp³-hybridized carbons (Fsp3) is 0.0833. The van der Waals surface area contributed by atoms with E-state index in [-0.39, 0.29) is 5.91 Å². The summed E-state index contributed by atoms with van der Waals surface area (Å²) >= 11 is 1.60. The number of hydrogen-bond donors (Lipinski definition) is 3. The van der Waals surface area contributed by atoms with E-state index >= 15 is 0 Å². The molecule has 17 heavy (non-hydrogen) atoms. The molecule has 0 aliphatic rings. The van der Waals surface area contributed by atoms with Crippen LogP contribution < -0.4 is 16.4 Å². The molecule has 0 aliphatic heterocycles. The summed E-state index contributed by atoms with van der Waals surface area (Å²) in [7, 11) is 1.60. The van der Waals surface area contributed by atoms with Gasteiger partial charge in [-0.3, -0.25) is 4.79 Å². The van der Waals surface area contributed by atoms with Crippen molar-refractivity contribution in [1.82, 2.24) is 5.32 Å². The number of hydrogen-bond acceptors (Lipinski definition) is 4. The molecule has 4 nitrogen and oxygen atoms in total. The number of carbonyl (C=O) groups excluding carboxylic acids is 1. The minimum atomic E-state index is -0.127. The number of benzene rings is 1. The Kier molecular flexibility index (Phi) is 3.30. The molecule has 1 aromatic heterocycles. The summed E-state index contributed by atoms with van der Waals surface area (Å²) in [5.74, 6) is -0.127. The lowest BCUT2D eigenvalue weighted by molar-refractivity contribution is 0.0963. The van der Waals surface area contributed by atoms with Gasteiger partial charge in [-0.15, -0.1) is 0 Å². The first-order valence-electron chi connectivity index (χ1n) is 5.11. The van der Waals surface area contributed by atoms with Crippen molar-refractivity contribution in [3.8, 4) is 0 Å². The quantitative estimate of drug-likeness (QED) is 0.730. The first-order valence-corrected chi connectivity index (χ1v) is 6.06. The van der Waals surface area contributed by atoms with Crippen molar-refractivity contribution in [2.45, 2.75) is 0 Å². The number of nitrogens with one attached hydrogen (secondary N) is 2. The molecule has 0 spiro atoms. The Balaban J connectivity index is 2.29. The van der Waals surface area contributed by atoms with Crippen molar-refractivity contribution in [3.05, 3.63) is 40.6 Å². The van der Waals surface area contributed by atoms with E-state index in [2.05, 4.69) is 10.6 Å². The normalized spacial score (nSPS) is 9.94. The molecular weight excluding hydrogens is 234 g/mol. The Morgan fingerprint density at radius 1 is 1.35 bits per heavy atom. The van der Waals surface area contributed by atoms with E-state index in [0.717, 1.165) is 11.4 Å². The number of amides is 1. The van der Waals surface area contributed by atoms with Gasteiger partial charge in [0, 0.05) is 23.7 Å². The molecule has 0 saturated carbocycles. The van der Waals surface area contributed by atoms with E-state index in [4.69, 9.17) is 5.73 Å². The molecule has 1 heterocycles. The number of anilines is 3. The van der Waals surface area contributed by atoms with E-state index in [1.54, 1.807) is 36.6 Å². The Bertz CT molecular complexity index is 523. The zero-order valence-corrected chi connectivity index (χ0v) is 10.2. The maximum atomic E-state index is 11.5. The van der Waals surface area contributed by atoms with Crippen molar-refractivity contribution >= 4 is 34.3 Å². The zero-order chi connectivity index (χ0) is 12.3. The Labute approximate surface area is 103 Å². The number of thiophene rings is 1. The van der Waals surface area contributed by atoms with E-state index in [1.807, 2.05) is 16.8 Å². The van der Waals surface area contributed by atoms with Gasteiger partial charge in [0.2, 0.25) is 0 Å². The zero-order valence-electron chi connectivity index (χ0n) is 9.36. The lowest BCUT2D eigenvalue weighted by Crippen LogP contribution is -2.17. The summed E-state index contributed by atoms with van der Waals surface area (Å²) in [4.78, 5) is 11.5. The average molecular weight is 247 g/mol. The largest absolute Gasteiger partial charge is 0.397 e.